The van der Waals surface area contributed by atoms with Crippen LogP contribution in [0.2, 0.25) is 0 Å². The Bertz CT molecular complexity index is 710. The third-order valence-electron chi connectivity index (χ3n) is 2.53. The second kappa shape index (κ2) is 4.49. The fourth-order valence-corrected chi connectivity index (χ4v) is 1.60. The number of hydrogen-bond acceptors (Lipinski definition) is 5. The molecule has 3 aromatic rings. The van der Waals surface area contributed by atoms with Crippen molar-refractivity contribution in [1.82, 2.24) is 15.1 Å². The molecule has 0 amide bonds. The molecule has 94 valence electrons. The van der Waals surface area contributed by atoms with E-state index in [2.05, 4.69) is 15.1 Å². The van der Waals surface area contributed by atoms with E-state index in [-0.39, 0.29) is 11.6 Å². The maximum absolute atomic E-state index is 13.0. The second-order valence-electron chi connectivity index (χ2n) is 3.84. The van der Waals surface area contributed by atoms with Crippen LogP contribution < -0.4 is 0 Å². The summed E-state index contributed by atoms with van der Waals surface area (Å²) in [5, 5.41) is 13.0. The average molecular weight is 257 g/mol. The van der Waals surface area contributed by atoms with Crippen molar-refractivity contribution in [2.75, 3.05) is 0 Å². The highest BCUT2D eigenvalue weighted by Crippen LogP contribution is 2.23. The van der Waals surface area contributed by atoms with Gasteiger partial charge in [0.15, 0.2) is 0 Å². The Balaban J connectivity index is 1.97. The van der Waals surface area contributed by atoms with Crippen molar-refractivity contribution in [2.45, 2.75) is 0 Å². The maximum atomic E-state index is 13.0. The molecule has 6 heteroatoms. The lowest BCUT2D eigenvalue weighted by Crippen LogP contribution is -1.84. The molecule has 19 heavy (non-hydrogen) atoms. The van der Waals surface area contributed by atoms with Gasteiger partial charge in [-0.05, 0) is 30.3 Å². The molecule has 0 aliphatic rings. The van der Waals surface area contributed by atoms with E-state index >= 15 is 0 Å². The molecule has 3 rings (SSSR count). The van der Waals surface area contributed by atoms with Gasteiger partial charge in [0.05, 0.1) is 0 Å². The van der Waals surface area contributed by atoms with Gasteiger partial charge in [-0.15, -0.1) is 0 Å². The first-order valence-corrected chi connectivity index (χ1v) is 5.47. The Morgan fingerprint density at radius 3 is 2.58 bits per heavy atom. The van der Waals surface area contributed by atoms with Gasteiger partial charge in [0, 0.05) is 23.4 Å². The molecule has 0 saturated heterocycles. The van der Waals surface area contributed by atoms with Crippen LogP contribution >= 0.6 is 0 Å². The summed E-state index contributed by atoms with van der Waals surface area (Å²) in [5.74, 6) is 0.127. The number of rotatable bonds is 2. The van der Waals surface area contributed by atoms with Crippen LogP contribution in [0.25, 0.3) is 22.8 Å². The Kier molecular flexibility index (Phi) is 2.68. The highest BCUT2D eigenvalue weighted by atomic mass is 19.1. The van der Waals surface area contributed by atoms with Crippen molar-refractivity contribution in [1.29, 1.82) is 0 Å². The largest absolute Gasteiger partial charge is 0.508 e. The molecule has 0 bridgehead atoms. The third kappa shape index (κ3) is 2.28. The number of aromatic nitrogens is 3. The lowest BCUT2D eigenvalue weighted by molar-refractivity contribution is 0.431. The summed E-state index contributed by atoms with van der Waals surface area (Å²) in [7, 11) is 0. The van der Waals surface area contributed by atoms with E-state index in [0.717, 1.165) is 0 Å². The fourth-order valence-electron chi connectivity index (χ4n) is 1.60. The van der Waals surface area contributed by atoms with E-state index < -0.39 is 5.95 Å². The van der Waals surface area contributed by atoms with Gasteiger partial charge in [-0.1, -0.05) is 5.16 Å². The molecule has 0 fully saturated rings. The number of hydrogen-bond donors (Lipinski definition) is 1. The van der Waals surface area contributed by atoms with Gasteiger partial charge in [-0.25, -0.2) is 4.98 Å². The molecule has 0 radical (unpaired) electrons. The Hall–Kier alpha value is -2.76. The van der Waals surface area contributed by atoms with Crippen LogP contribution in [0.4, 0.5) is 4.39 Å². The van der Waals surface area contributed by atoms with Crippen LogP contribution in [0, 0.1) is 5.95 Å². The molecule has 0 spiro atoms. The van der Waals surface area contributed by atoms with Gasteiger partial charge in [0.25, 0.3) is 5.89 Å². The molecule has 5 nitrogen and oxygen atoms in total. The predicted molar refractivity (Wildman–Crippen MR) is 64.6 cm³/mol. The molecule has 0 saturated carbocycles. The first-order valence-electron chi connectivity index (χ1n) is 5.47. The Labute approximate surface area is 107 Å². The van der Waals surface area contributed by atoms with Crippen molar-refractivity contribution >= 4 is 0 Å². The highest BCUT2D eigenvalue weighted by molar-refractivity contribution is 5.59. The van der Waals surface area contributed by atoms with Gasteiger partial charge in [-0.2, -0.15) is 9.37 Å². The minimum absolute atomic E-state index is 0.156. The average Bonchev–Trinajstić information content (AvgIpc) is 2.89. The standard InChI is InChI=1S/C13H8FN3O2/c14-11-7-9(5-6-15-11)13-16-12(17-19-13)8-1-3-10(18)4-2-8/h1-7,18H. The molecule has 1 aromatic carbocycles. The first-order chi connectivity index (χ1) is 9.22. The lowest BCUT2D eigenvalue weighted by atomic mass is 10.2. The van der Waals surface area contributed by atoms with Crippen LogP contribution in [0.1, 0.15) is 0 Å². The van der Waals surface area contributed by atoms with Crippen molar-refractivity contribution < 1.29 is 14.0 Å². The summed E-state index contributed by atoms with van der Waals surface area (Å²) in [5.41, 5.74) is 1.16. The van der Waals surface area contributed by atoms with Crippen LogP contribution in [-0.4, -0.2) is 20.2 Å². The van der Waals surface area contributed by atoms with E-state index in [0.29, 0.717) is 17.0 Å². The minimum atomic E-state index is -0.609. The van der Waals surface area contributed by atoms with Crippen molar-refractivity contribution in [3.63, 3.8) is 0 Å². The number of aromatic hydroxyl groups is 1. The number of halogens is 1. The molecule has 2 aromatic heterocycles. The molecular weight excluding hydrogens is 249 g/mol. The summed E-state index contributed by atoms with van der Waals surface area (Å²) in [4.78, 5) is 7.62. The van der Waals surface area contributed by atoms with E-state index in [1.54, 1.807) is 18.2 Å². The summed E-state index contributed by atoms with van der Waals surface area (Å²) < 4.78 is 18.1. The van der Waals surface area contributed by atoms with Gasteiger partial charge in [0.1, 0.15) is 5.75 Å². The van der Waals surface area contributed by atoms with Gasteiger partial charge in [-0.3, -0.25) is 0 Å². The van der Waals surface area contributed by atoms with Crippen molar-refractivity contribution in [3.8, 4) is 28.6 Å². The summed E-state index contributed by atoms with van der Waals surface area (Å²) in [6.07, 6.45) is 1.33. The minimum Gasteiger partial charge on any atom is -0.508 e. The number of nitrogens with zero attached hydrogens (tertiary/aromatic N) is 3. The third-order valence-corrected chi connectivity index (χ3v) is 2.53. The quantitative estimate of drug-likeness (QED) is 0.714. The zero-order chi connectivity index (χ0) is 13.2. The van der Waals surface area contributed by atoms with E-state index in [1.807, 2.05) is 0 Å². The van der Waals surface area contributed by atoms with Gasteiger partial charge < -0.3 is 9.63 Å². The maximum Gasteiger partial charge on any atom is 0.258 e. The monoisotopic (exact) mass is 257 g/mol. The Morgan fingerprint density at radius 1 is 1.05 bits per heavy atom. The molecule has 0 aliphatic heterocycles. The number of phenolic OH excluding ortho intramolecular Hbond substituents is 1. The summed E-state index contributed by atoms with van der Waals surface area (Å²) in [6.45, 7) is 0. The molecule has 2 heterocycles. The van der Waals surface area contributed by atoms with E-state index in [9.17, 15) is 9.50 Å². The molecule has 0 unspecified atom stereocenters. The predicted octanol–water partition coefficient (Wildman–Crippen LogP) is 2.64. The fraction of sp³-hybridized carbons (Fsp3) is 0. The van der Waals surface area contributed by atoms with Crippen LogP contribution in [0.3, 0.4) is 0 Å². The number of pyridine rings is 1. The second-order valence-corrected chi connectivity index (χ2v) is 3.84. The molecule has 1 N–H and O–H groups in total. The SMILES string of the molecule is Oc1ccc(-c2noc(-c3ccnc(F)c3)n2)cc1. The number of benzene rings is 1. The highest BCUT2D eigenvalue weighted by Gasteiger charge is 2.11. The van der Waals surface area contributed by atoms with E-state index in [4.69, 9.17) is 4.52 Å². The van der Waals surface area contributed by atoms with Gasteiger partial charge >= 0.3 is 0 Å². The van der Waals surface area contributed by atoms with Gasteiger partial charge in [0.2, 0.25) is 11.8 Å². The Morgan fingerprint density at radius 2 is 1.84 bits per heavy atom. The van der Waals surface area contributed by atoms with Crippen LogP contribution in [-0.2, 0) is 0 Å². The normalized spacial score (nSPS) is 10.6. The van der Waals surface area contributed by atoms with Crippen molar-refractivity contribution in [3.05, 3.63) is 48.5 Å². The summed E-state index contributed by atoms with van der Waals surface area (Å²) >= 11 is 0. The molecule has 0 atom stereocenters. The molecule has 0 aliphatic carbocycles. The summed E-state index contributed by atoms with van der Waals surface area (Å²) in [6, 6.07) is 9.18. The topological polar surface area (TPSA) is 72.0 Å². The smallest absolute Gasteiger partial charge is 0.258 e. The number of phenols is 1. The lowest BCUT2D eigenvalue weighted by Gasteiger charge is -1.94. The zero-order valence-electron chi connectivity index (χ0n) is 9.62. The first kappa shape index (κ1) is 11.3. The zero-order valence-corrected chi connectivity index (χ0v) is 9.62. The van der Waals surface area contributed by atoms with E-state index in [1.165, 1.54) is 24.4 Å². The van der Waals surface area contributed by atoms with Crippen molar-refractivity contribution in [2.24, 2.45) is 0 Å². The van der Waals surface area contributed by atoms with Crippen LogP contribution in [0.15, 0.2) is 47.1 Å². The molecular formula is C13H8FN3O2. The van der Waals surface area contributed by atoms with Crippen LogP contribution in [0.5, 0.6) is 5.75 Å².